The first-order valence-electron chi connectivity index (χ1n) is 22.4. The first-order chi connectivity index (χ1) is 31.7. The van der Waals surface area contributed by atoms with Crippen LogP contribution >= 0.6 is 0 Å². The first-order valence-corrected chi connectivity index (χ1v) is 22.4. The van der Waals surface area contributed by atoms with E-state index in [4.69, 9.17) is 15.0 Å². The molecule has 0 unspecified atom stereocenters. The molecule has 0 saturated carbocycles. The van der Waals surface area contributed by atoms with Gasteiger partial charge in [-0.15, -0.1) is 0 Å². The lowest BCUT2D eigenvalue weighted by atomic mass is 9.79. The van der Waals surface area contributed by atoms with Gasteiger partial charge < -0.3 is 0 Å². The highest BCUT2D eigenvalue weighted by atomic mass is 15.0. The number of rotatable bonds is 6. The SMILES string of the molecule is c1ccc2c(c1)-c1ccc(-c3ccc(-c4c(-c5ccc(-c6nc(-c7ccc8ccccc8c7)nc(-c7ccc8ccccc8c7)n6)cc5)ccc5ccccc45)cc3)c3c1[C@@H]2CCC3. The van der Waals surface area contributed by atoms with Gasteiger partial charge in [0, 0.05) is 22.6 Å². The van der Waals surface area contributed by atoms with E-state index in [1.54, 1.807) is 5.56 Å². The lowest BCUT2D eigenvalue weighted by molar-refractivity contribution is 0.628. The second-order valence-electron chi connectivity index (χ2n) is 17.4. The molecule has 0 aliphatic heterocycles. The number of hydrogen-bond acceptors (Lipinski definition) is 3. The number of fused-ring (bicyclic) bond motifs is 6. The summed E-state index contributed by atoms with van der Waals surface area (Å²) in [4.78, 5) is 15.4. The normalized spacial score (nSPS) is 13.9. The van der Waals surface area contributed by atoms with Crippen molar-refractivity contribution in [2.75, 3.05) is 0 Å². The molecule has 0 saturated heterocycles. The second kappa shape index (κ2) is 14.8. The molecule has 300 valence electrons. The predicted octanol–water partition coefficient (Wildman–Crippen LogP) is 15.8. The summed E-state index contributed by atoms with van der Waals surface area (Å²) in [6.45, 7) is 0. The van der Waals surface area contributed by atoms with Crippen molar-refractivity contribution in [3.63, 3.8) is 0 Å². The Bertz CT molecular complexity index is 3540. The predicted molar refractivity (Wildman–Crippen MR) is 265 cm³/mol. The Morgan fingerprint density at radius 3 is 1.52 bits per heavy atom. The van der Waals surface area contributed by atoms with Crippen molar-refractivity contribution in [3.05, 3.63) is 223 Å². The molecule has 0 spiro atoms. The van der Waals surface area contributed by atoms with Gasteiger partial charge in [-0.2, -0.15) is 0 Å². The summed E-state index contributed by atoms with van der Waals surface area (Å²) in [5.41, 5.74) is 17.8. The van der Waals surface area contributed by atoms with Gasteiger partial charge in [-0.25, -0.2) is 15.0 Å². The summed E-state index contributed by atoms with van der Waals surface area (Å²) in [5, 5.41) is 7.13. The molecule has 13 rings (SSSR count). The van der Waals surface area contributed by atoms with E-state index < -0.39 is 0 Å². The molecule has 1 atom stereocenters. The molecule has 2 aliphatic rings. The fourth-order valence-corrected chi connectivity index (χ4v) is 10.7. The number of benzene rings is 10. The summed E-state index contributed by atoms with van der Waals surface area (Å²) < 4.78 is 0. The van der Waals surface area contributed by atoms with Crippen LogP contribution in [0.5, 0.6) is 0 Å². The molecule has 0 bridgehead atoms. The van der Waals surface area contributed by atoms with Crippen molar-refractivity contribution in [2.24, 2.45) is 0 Å². The van der Waals surface area contributed by atoms with E-state index in [1.807, 2.05) is 0 Å². The third kappa shape index (κ3) is 6.07. The van der Waals surface area contributed by atoms with Gasteiger partial charge in [-0.3, -0.25) is 0 Å². The highest BCUT2D eigenvalue weighted by molar-refractivity contribution is 6.04. The van der Waals surface area contributed by atoms with E-state index in [0.29, 0.717) is 23.4 Å². The van der Waals surface area contributed by atoms with Crippen LogP contribution in [0.4, 0.5) is 0 Å². The van der Waals surface area contributed by atoms with Gasteiger partial charge >= 0.3 is 0 Å². The zero-order chi connectivity index (χ0) is 42.1. The molecular weight excluding hydrogens is 775 g/mol. The van der Waals surface area contributed by atoms with E-state index in [9.17, 15) is 0 Å². The lowest BCUT2D eigenvalue weighted by Crippen LogP contribution is -2.09. The summed E-state index contributed by atoms with van der Waals surface area (Å²) in [5.74, 6) is 2.46. The molecule has 10 aromatic carbocycles. The van der Waals surface area contributed by atoms with Crippen molar-refractivity contribution >= 4 is 32.3 Å². The molecule has 0 N–H and O–H groups in total. The van der Waals surface area contributed by atoms with Crippen molar-refractivity contribution in [1.29, 1.82) is 0 Å². The van der Waals surface area contributed by atoms with Crippen LogP contribution in [0.15, 0.2) is 206 Å². The fraction of sp³-hybridized carbons (Fsp3) is 0.0656. The van der Waals surface area contributed by atoms with Crippen LogP contribution in [0.25, 0.3) is 111 Å². The molecule has 64 heavy (non-hydrogen) atoms. The Labute approximate surface area is 372 Å². The maximum atomic E-state index is 5.14. The number of aromatic nitrogens is 3. The Morgan fingerprint density at radius 2 is 0.828 bits per heavy atom. The molecule has 0 radical (unpaired) electrons. The third-order valence-corrected chi connectivity index (χ3v) is 13.8. The molecule has 11 aromatic rings. The molecule has 3 heteroatoms. The zero-order valence-electron chi connectivity index (χ0n) is 35.2. The number of hydrogen-bond donors (Lipinski definition) is 0. The van der Waals surface area contributed by atoms with E-state index >= 15 is 0 Å². The maximum absolute atomic E-state index is 5.14. The number of nitrogens with zero attached hydrogens (tertiary/aromatic N) is 3. The minimum absolute atomic E-state index is 0.516. The Balaban J connectivity index is 0.890. The van der Waals surface area contributed by atoms with E-state index in [0.717, 1.165) is 39.4 Å². The van der Waals surface area contributed by atoms with Gasteiger partial charge in [0.2, 0.25) is 0 Å². The minimum Gasteiger partial charge on any atom is -0.208 e. The van der Waals surface area contributed by atoms with Crippen molar-refractivity contribution < 1.29 is 0 Å². The van der Waals surface area contributed by atoms with Gasteiger partial charge in [0.15, 0.2) is 17.5 Å². The van der Waals surface area contributed by atoms with Crippen LogP contribution in [0.1, 0.15) is 35.4 Å². The van der Waals surface area contributed by atoms with E-state index in [1.165, 1.54) is 84.5 Å². The third-order valence-electron chi connectivity index (χ3n) is 13.8. The average Bonchev–Trinajstić information content (AvgIpc) is 3.70. The Kier molecular flexibility index (Phi) is 8.48. The molecule has 3 nitrogen and oxygen atoms in total. The van der Waals surface area contributed by atoms with E-state index in [-0.39, 0.29) is 0 Å². The molecule has 2 aliphatic carbocycles. The molecule has 1 heterocycles. The summed E-state index contributed by atoms with van der Waals surface area (Å²) in [6.07, 6.45) is 3.59. The van der Waals surface area contributed by atoms with Gasteiger partial charge in [-0.1, -0.05) is 194 Å². The van der Waals surface area contributed by atoms with Crippen LogP contribution in [0.3, 0.4) is 0 Å². The van der Waals surface area contributed by atoms with Gasteiger partial charge in [0.05, 0.1) is 0 Å². The Morgan fingerprint density at radius 1 is 0.344 bits per heavy atom. The standard InChI is InChI=1S/C61H41N3/c1-3-13-45-36-47(30-20-38(45)10-1)60-62-59(63-61(64-60)48-31-21-39-11-2-4-14-46(39)37-48)44-28-24-42(25-29-44)51-33-32-40-12-5-6-15-50(40)57(51)43-26-22-41(23-27-43)49-34-35-56-53-17-8-7-16-52(53)55-19-9-18-54(49)58(55)56/h1-8,10-17,20-37,55H,9,18-19H2/t55-/m1/s1. The quantitative estimate of drug-likeness (QED) is 0.168. The van der Waals surface area contributed by atoms with Crippen LogP contribution in [0, 0.1) is 0 Å². The summed E-state index contributed by atoms with van der Waals surface area (Å²) >= 11 is 0. The van der Waals surface area contributed by atoms with Gasteiger partial charge in [0.25, 0.3) is 0 Å². The molecule has 0 fully saturated rings. The monoisotopic (exact) mass is 815 g/mol. The van der Waals surface area contributed by atoms with Crippen LogP contribution < -0.4 is 0 Å². The minimum atomic E-state index is 0.516. The lowest BCUT2D eigenvalue weighted by Gasteiger charge is -2.25. The topological polar surface area (TPSA) is 38.7 Å². The van der Waals surface area contributed by atoms with Gasteiger partial charge in [-0.05, 0) is 125 Å². The maximum Gasteiger partial charge on any atom is 0.164 e. The Hall–Kier alpha value is -8.01. The van der Waals surface area contributed by atoms with Crippen LogP contribution in [-0.4, -0.2) is 15.0 Å². The van der Waals surface area contributed by atoms with Crippen LogP contribution in [-0.2, 0) is 6.42 Å². The highest BCUT2D eigenvalue weighted by Crippen LogP contribution is 2.53. The molecule has 0 amide bonds. The highest BCUT2D eigenvalue weighted by Gasteiger charge is 2.34. The van der Waals surface area contributed by atoms with Crippen molar-refractivity contribution in [2.45, 2.75) is 25.2 Å². The van der Waals surface area contributed by atoms with E-state index in [2.05, 4.69) is 206 Å². The first kappa shape index (κ1) is 36.6. The smallest absolute Gasteiger partial charge is 0.164 e. The largest absolute Gasteiger partial charge is 0.208 e. The van der Waals surface area contributed by atoms with Crippen LogP contribution in [0.2, 0.25) is 0 Å². The summed E-state index contributed by atoms with van der Waals surface area (Å²) in [7, 11) is 0. The second-order valence-corrected chi connectivity index (χ2v) is 17.4. The fourth-order valence-electron chi connectivity index (χ4n) is 10.7. The molecule has 1 aromatic heterocycles. The molecular formula is C61H41N3. The average molecular weight is 816 g/mol. The van der Waals surface area contributed by atoms with Crippen molar-refractivity contribution in [3.8, 4) is 78.7 Å². The summed E-state index contributed by atoms with van der Waals surface area (Å²) in [6, 6.07) is 74.9. The van der Waals surface area contributed by atoms with Gasteiger partial charge in [0.1, 0.15) is 0 Å². The zero-order valence-corrected chi connectivity index (χ0v) is 35.2. The van der Waals surface area contributed by atoms with Crippen molar-refractivity contribution in [1.82, 2.24) is 15.0 Å².